The van der Waals surface area contributed by atoms with Crippen molar-refractivity contribution in [1.29, 1.82) is 0 Å². The van der Waals surface area contributed by atoms with E-state index in [4.69, 9.17) is 4.74 Å². The Labute approximate surface area is 175 Å². The van der Waals surface area contributed by atoms with Crippen LogP contribution in [0.15, 0.2) is 48.5 Å². The number of amides is 1. The number of carbonyl (C=O) groups is 2. The summed E-state index contributed by atoms with van der Waals surface area (Å²) in [6.07, 6.45) is 4.84. The van der Waals surface area contributed by atoms with E-state index in [-0.39, 0.29) is 11.5 Å². The Morgan fingerprint density at radius 3 is 2.63 bits per heavy atom. The van der Waals surface area contributed by atoms with Gasteiger partial charge in [-0.2, -0.15) is 0 Å². The summed E-state index contributed by atoms with van der Waals surface area (Å²) in [4.78, 5) is 24.3. The van der Waals surface area contributed by atoms with E-state index in [1.165, 1.54) is 38.9 Å². The number of benzene rings is 2. The maximum atomic E-state index is 13.0. The van der Waals surface area contributed by atoms with E-state index in [1.807, 2.05) is 34.9 Å². The molecule has 6 nitrogen and oxygen atoms in total. The second kappa shape index (κ2) is 8.61. The number of hydrogen-bond donors (Lipinski definition) is 2. The molecule has 0 unspecified atom stereocenters. The van der Waals surface area contributed by atoms with Gasteiger partial charge in [-0.15, -0.1) is 0 Å². The van der Waals surface area contributed by atoms with Gasteiger partial charge in [-0.3, -0.25) is 4.79 Å². The van der Waals surface area contributed by atoms with Crippen molar-refractivity contribution in [2.75, 3.05) is 13.7 Å². The minimum Gasteiger partial charge on any atom is -0.496 e. The zero-order chi connectivity index (χ0) is 21.1. The predicted octanol–water partition coefficient (Wildman–Crippen LogP) is 4.32. The molecule has 2 aromatic carbocycles. The Hall–Kier alpha value is -3.28. The average molecular weight is 406 g/mol. The first-order chi connectivity index (χ1) is 14.6. The van der Waals surface area contributed by atoms with Gasteiger partial charge in [0.1, 0.15) is 11.4 Å². The lowest BCUT2D eigenvalue weighted by Crippen LogP contribution is -2.30. The number of methoxy groups -OCH3 is 1. The Balaban J connectivity index is 1.66. The van der Waals surface area contributed by atoms with Crippen molar-refractivity contribution >= 4 is 22.8 Å². The molecule has 156 valence electrons. The lowest BCUT2D eigenvalue weighted by molar-refractivity contribution is 0.0696. The summed E-state index contributed by atoms with van der Waals surface area (Å²) in [6.45, 7) is 1.11. The summed E-state index contributed by atoms with van der Waals surface area (Å²) in [7, 11) is 1.52. The maximum Gasteiger partial charge on any atom is 0.335 e. The fourth-order valence-corrected chi connectivity index (χ4v) is 4.29. The standard InChI is InChI=1S/C24H26N2O4/c1-30-22-13-18(24(28)29)10-11-19(22)15-26-20-9-5-4-8-17(20)12-21(26)23(27)25-14-16-6-2-3-7-16/h4-5,8-13,16H,2-3,6-7,14-15H2,1H3,(H,25,27)(H,28,29). The highest BCUT2D eigenvalue weighted by Crippen LogP contribution is 2.27. The molecule has 0 bridgehead atoms. The third-order valence-corrected chi connectivity index (χ3v) is 5.93. The van der Waals surface area contributed by atoms with E-state index in [1.54, 1.807) is 12.1 Å². The molecule has 0 saturated heterocycles. The van der Waals surface area contributed by atoms with Gasteiger partial charge in [-0.05, 0) is 43.0 Å². The fraction of sp³-hybridized carbons (Fsp3) is 0.333. The largest absolute Gasteiger partial charge is 0.496 e. The molecule has 1 aliphatic carbocycles. The molecule has 0 spiro atoms. The van der Waals surface area contributed by atoms with Crippen molar-refractivity contribution in [2.45, 2.75) is 32.2 Å². The van der Waals surface area contributed by atoms with Gasteiger partial charge in [0.05, 0.1) is 19.2 Å². The number of aromatic carboxylic acids is 1. The number of nitrogens with zero attached hydrogens (tertiary/aromatic N) is 1. The number of hydrogen-bond acceptors (Lipinski definition) is 3. The van der Waals surface area contributed by atoms with Gasteiger partial charge in [0.15, 0.2) is 0 Å². The molecule has 1 heterocycles. The van der Waals surface area contributed by atoms with Crippen molar-refractivity contribution in [3.05, 3.63) is 65.4 Å². The van der Waals surface area contributed by atoms with E-state index in [0.717, 1.165) is 16.5 Å². The average Bonchev–Trinajstić information content (AvgIpc) is 3.40. The van der Waals surface area contributed by atoms with Crippen LogP contribution in [0.5, 0.6) is 5.75 Å². The highest BCUT2D eigenvalue weighted by Gasteiger charge is 2.20. The zero-order valence-electron chi connectivity index (χ0n) is 17.1. The molecule has 30 heavy (non-hydrogen) atoms. The predicted molar refractivity (Wildman–Crippen MR) is 115 cm³/mol. The monoisotopic (exact) mass is 406 g/mol. The topological polar surface area (TPSA) is 80.6 Å². The summed E-state index contributed by atoms with van der Waals surface area (Å²) in [6, 6.07) is 14.6. The van der Waals surface area contributed by atoms with E-state index in [2.05, 4.69) is 5.32 Å². The number of nitrogens with one attached hydrogen (secondary N) is 1. The summed E-state index contributed by atoms with van der Waals surface area (Å²) in [5.74, 6) is -0.0297. The highest BCUT2D eigenvalue weighted by molar-refractivity contribution is 5.98. The number of fused-ring (bicyclic) bond motifs is 1. The molecule has 0 radical (unpaired) electrons. The van der Waals surface area contributed by atoms with Crippen LogP contribution < -0.4 is 10.1 Å². The van der Waals surface area contributed by atoms with E-state index in [0.29, 0.717) is 30.5 Å². The van der Waals surface area contributed by atoms with Crippen molar-refractivity contribution in [2.24, 2.45) is 5.92 Å². The zero-order valence-corrected chi connectivity index (χ0v) is 17.1. The molecule has 4 rings (SSSR count). The Morgan fingerprint density at radius 1 is 1.13 bits per heavy atom. The van der Waals surface area contributed by atoms with Crippen LogP contribution >= 0.6 is 0 Å². The van der Waals surface area contributed by atoms with Gasteiger partial charge >= 0.3 is 5.97 Å². The first-order valence-electron chi connectivity index (χ1n) is 10.3. The Kier molecular flexibility index (Phi) is 5.74. The summed E-state index contributed by atoms with van der Waals surface area (Å²) < 4.78 is 7.40. The van der Waals surface area contributed by atoms with Crippen LogP contribution in [0.4, 0.5) is 0 Å². The van der Waals surface area contributed by atoms with Crippen LogP contribution in [0.3, 0.4) is 0 Å². The lowest BCUT2D eigenvalue weighted by atomic mass is 10.1. The molecule has 0 atom stereocenters. The van der Waals surface area contributed by atoms with Gasteiger partial charge < -0.3 is 19.7 Å². The molecule has 0 aliphatic heterocycles. The summed E-state index contributed by atoms with van der Waals surface area (Å²) >= 11 is 0. The SMILES string of the molecule is COc1cc(C(=O)O)ccc1Cn1c(C(=O)NCC2CCCC2)cc2ccccc21. The van der Waals surface area contributed by atoms with Crippen LogP contribution in [0.25, 0.3) is 10.9 Å². The first kappa shape index (κ1) is 20.0. The molecule has 6 heteroatoms. The molecule has 2 N–H and O–H groups in total. The second-order valence-electron chi connectivity index (χ2n) is 7.87. The smallest absolute Gasteiger partial charge is 0.335 e. The Morgan fingerprint density at radius 2 is 1.90 bits per heavy atom. The van der Waals surface area contributed by atoms with Crippen molar-refractivity contribution in [3.63, 3.8) is 0 Å². The molecule has 3 aromatic rings. The minimum atomic E-state index is -1.00. The lowest BCUT2D eigenvalue weighted by Gasteiger charge is -2.15. The van der Waals surface area contributed by atoms with Crippen molar-refractivity contribution in [1.82, 2.24) is 9.88 Å². The molecule has 1 aliphatic rings. The van der Waals surface area contributed by atoms with Crippen LogP contribution in [0.2, 0.25) is 0 Å². The Bertz CT molecular complexity index is 1080. The fourth-order valence-electron chi connectivity index (χ4n) is 4.29. The number of para-hydroxylation sites is 1. The van der Waals surface area contributed by atoms with Crippen molar-refractivity contribution < 1.29 is 19.4 Å². The molecule has 1 fully saturated rings. The van der Waals surface area contributed by atoms with Gasteiger partial charge in [-0.25, -0.2) is 4.79 Å². The number of rotatable bonds is 7. The molecule has 1 amide bonds. The minimum absolute atomic E-state index is 0.0841. The number of aromatic nitrogens is 1. The van der Waals surface area contributed by atoms with E-state index in [9.17, 15) is 14.7 Å². The second-order valence-corrected chi connectivity index (χ2v) is 7.87. The number of carboxylic acid groups (broad SMARTS) is 1. The van der Waals surface area contributed by atoms with Gasteiger partial charge in [0.2, 0.25) is 0 Å². The first-order valence-corrected chi connectivity index (χ1v) is 10.3. The van der Waals surface area contributed by atoms with Crippen molar-refractivity contribution in [3.8, 4) is 5.75 Å². The summed E-state index contributed by atoms with van der Waals surface area (Å²) in [5, 5.41) is 13.3. The normalized spacial score (nSPS) is 14.2. The quantitative estimate of drug-likeness (QED) is 0.612. The van der Waals surface area contributed by atoms with Gasteiger partial charge in [0, 0.05) is 23.0 Å². The molecule has 1 saturated carbocycles. The van der Waals surface area contributed by atoms with Crippen LogP contribution in [-0.4, -0.2) is 35.2 Å². The number of carboxylic acids is 1. The van der Waals surface area contributed by atoms with Crippen LogP contribution in [0.1, 0.15) is 52.1 Å². The molecule has 1 aromatic heterocycles. The van der Waals surface area contributed by atoms with E-state index < -0.39 is 5.97 Å². The molecular weight excluding hydrogens is 380 g/mol. The van der Waals surface area contributed by atoms with Gasteiger partial charge in [0.25, 0.3) is 5.91 Å². The van der Waals surface area contributed by atoms with Crippen LogP contribution in [-0.2, 0) is 6.54 Å². The van der Waals surface area contributed by atoms with Gasteiger partial charge in [-0.1, -0.05) is 37.1 Å². The summed E-state index contributed by atoms with van der Waals surface area (Å²) in [5.41, 5.74) is 2.53. The number of carbonyl (C=O) groups excluding carboxylic acids is 1. The van der Waals surface area contributed by atoms with Crippen LogP contribution in [0, 0.1) is 5.92 Å². The van der Waals surface area contributed by atoms with E-state index >= 15 is 0 Å². The number of ether oxygens (including phenoxy) is 1. The molecular formula is C24H26N2O4. The maximum absolute atomic E-state index is 13.0. The third kappa shape index (κ3) is 4.03. The third-order valence-electron chi connectivity index (χ3n) is 5.93. The highest BCUT2D eigenvalue weighted by atomic mass is 16.5.